The molecule has 1 N–H and O–H groups in total. The smallest absolute Gasteiger partial charge is 0.410 e. The monoisotopic (exact) mass is 435 g/mol. The summed E-state index contributed by atoms with van der Waals surface area (Å²) in [7, 11) is 0. The molecule has 0 radical (unpaired) electrons. The van der Waals surface area contributed by atoms with E-state index in [2.05, 4.69) is 12.1 Å². The molecule has 0 aliphatic carbocycles. The topological polar surface area (TPSA) is 76.1 Å². The van der Waals surface area contributed by atoms with Crippen molar-refractivity contribution in [2.24, 2.45) is 0 Å². The molecule has 0 bridgehead atoms. The van der Waals surface area contributed by atoms with Crippen molar-refractivity contribution in [1.82, 2.24) is 4.90 Å². The van der Waals surface area contributed by atoms with E-state index in [1.165, 1.54) is 0 Å². The number of amides is 1. The summed E-state index contributed by atoms with van der Waals surface area (Å²) in [5.41, 5.74) is 2.53. The second-order valence-electron chi connectivity index (χ2n) is 9.52. The predicted octanol–water partition coefficient (Wildman–Crippen LogP) is 5.48. The van der Waals surface area contributed by atoms with Gasteiger partial charge in [-0.3, -0.25) is 0 Å². The molecule has 32 heavy (non-hydrogen) atoms. The highest BCUT2D eigenvalue weighted by Crippen LogP contribution is 2.45. The molecule has 2 aliphatic heterocycles. The van der Waals surface area contributed by atoms with Gasteiger partial charge >= 0.3 is 12.1 Å². The lowest BCUT2D eigenvalue weighted by Gasteiger charge is -2.45. The number of para-hydroxylation sites is 1. The zero-order valence-corrected chi connectivity index (χ0v) is 18.8. The first kappa shape index (κ1) is 21.9. The molecule has 1 amide bonds. The molecule has 0 aromatic heterocycles. The van der Waals surface area contributed by atoms with Crippen molar-refractivity contribution in [3.8, 4) is 5.75 Å². The number of aromatic carboxylic acids is 1. The van der Waals surface area contributed by atoms with Crippen LogP contribution in [0.2, 0.25) is 0 Å². The summed E-state index contributed by atoms with van der Waals surface area (Å²) < 4.78 is 12.0. The quantitative estimate of drug-likeness (QED) is 0.676. The number of hydrogen-bond acceptors (Lipinski definition) is 4. The molecule has 1 saturated heterocycles. The minimum absolute atomic E-state index is 0.269. The second-order valence-corrected chi connectivity index (χ2v) is 9.52. The van der Waals surface area contributed by atoms with Gasteiger partial charge in [-0.25, -0.2) is 9.59 Å². The van der Waals surface area contributed by atoms with E-state index >= 15 is 0 Å². The predicted molar refractivity (Wildman–Crippen MR) is 123 cm³/mol. The summed E-state index contributed by atoms with van der Waals surface area (Å²) in [5, 5.41) is 9.15. The molecular formula is C26H29NO5. The summed E-state index contributed by atoms with van der Waals surface area (Å²) in [6, 6.07) is 14.9. The van der Waals surface area contributed by atoms with Crippen molar-refractivity contribution in [2.75, 3.05) is 13.1 Å². The van der Waals surface area contributed by atoms with Crippen molar-refractivity contribution in [1.29, 1.82) is 0 Å². The van der Waals surface area contributed by atoms with Crippen molar-refractivity contribution in [3.63, 3.8) is 0 Å². The van der Waals surface area contributed by atoms with Gasteiger partial charge < -0.3 is 19.5 Å². The Labute approximate surface area is 188 Å². The number of nitrogens with zero attached hydrogens (tertiary/aromatic N) is 1. The van der Waals surface area contributed by atoms with Gasteiger partial charge in [0.15, 0.2) is 0 Å². The van der Waals surface area contributed by atoms with Gasteiger partial charge in [-0.1, -0.05) is 36.4 Å². The lowest BCUT2D eigenvalue weighted by Crippen LogP contribution is -2.51. The Balaban J connectivity index is 1.56. The van der Waals surface area contributed by atoms with Crippen LogP contribution in [0.3, 0.4) is 0 Å². The Hall–Kier alpha value is -3.28. The number of ether oxygens (including phenoxy) is 2. The maximum absolute atomic E-state index is 12.5. The lowest BCUT2D eigenvalue weighted by atomic mass is 9.80. The normalized spacial score (nSPS) is 18.7. The van der Waals surface area contributed by atoms with Crippen LogP contribution < -0.4 is 4.74 Å². The highest BCUT2D eigenvalue weighted by atomic mass is 16.6. The van der Waals surface area contributed by atoms with E-state index in [1.807, 2.05) is 51.1 Å². The van der Waals surface area contributed by atoms with E-state index in [4.69, 9.17) is 14.6 Å². The number of likely N-dealkylation sites (tertiary alicyclic amines) is 1. The third-order valence-electron chi connectivity index (χ3n) is 5.90. The highest BCUT2D eigenvalue weighted by Gasteiger charge is 2.42. The van der Waals surface area contributed by atoms with Gasteiger partial charge in [-0.2, -0.15) is 0 Å². The Morgan fingerprint density at radius 3 is 2.34 bits per heavy atom. The Morgan fingerprint density at radius 2 is 1.72 bits per heavy atom. The van der Waals surface area contributed by atoms with E-state index in [0.29, 0.717) is 13.1 Å². The minimum Gasteiger partial charge on any atom is -0.486 e. The number of fused-ring (bicyclic) bond motifs is 1. The fraction of sp³-hybridized carbons (Fsp3) is 0.385. The summed E-state index contributed by atoms with van der Waals surface area (Å²) in [4.78, 5) is 25.4. The average Bonchev–Trinajstić information content (AvgIpc) is 2.73. The number of hydrogen-bond donors (Lipinski definition) is 1. The first-order valence-corrected chi connectivity index (χ1v) is 10.9. The number of benzene rings is 2. The van der Waals surface area contributed by atoms with Crippen LogP contribution in [0.25, 0.3) is 11.6 Å². The molecule has 0 atom stereocenters. The fourth-order valence-corrected chi connectivity index (χ4v) is 4.29. The zero-order valence-electron chi connectivity index (χ0n) is 18.8. The van der Waals surface area contributed by atoms with Crippen LogP contribution in [0, 0.1) is 0 Å². The molecule has 2 aliphatic rings. The van der Waals surface area contributed by atoms with E-state index in [-0.39, 0.29) is 17.3 Å². The molecule has 6 nitrogen and oxygen atoms in total. The van der Waals surface area contributed by atoms with E-state index in [0.717, 1.165) is 41.7 Å². The van der Waals surface area contributed by atoms with Crippen LogP contribution in [0.5, 0.6) is 5.75 Å². The van der Waals surface area contributed by atoms with Gasteiger partial charge in [-0.05, 0) is 50.1 Å². The molecule has 4 rings (SSSR count). The molecular weight excluding hydrogens is 406 g/mol. The molecule has 1 fully saturated rings. The summed E-state index contributed by atoms with van der Waals surface area (Å²) in [6.45, 7) is 6.78. The Kier molecular flexibility index (Phi) is 5.71. The number of carboxylic acids is 1. The molecule has 6 heteroatoms. The van der Waals surface area contributed by atoms with Crippen molar-refractivity contribution in [2.45, 2.75) is 51.2 Å². The molecule has 2 aromatic rings. The first-order valence-electron chi connectivity index (χ1n) is 10.9. The summed E-state index contributed by atoms with van der Waals surface area (Å²) in [5.74, 6) is -0.0887. The second kappa shape index (κ2) is 8.34. The Morgan fingerprint density at radius 1 is 1.06 bits per heavy atom. The van der Waals surface area contributed by atoms with E-state index in [1.54, 1.807) is 17.0 Å². The van der Waals surface area contributed by atoms with Crippen LogP contribution in [-0.2, 0) is 4.74 Å². The third kappa shape index (κ3) is 4.79. The SMILES string of the molecule is CC(C)(C)OC(=O)N1CCC2(CC1)CC(=Cc1ccc(C(=O)O)cc1)c1ccccc1O2. The largest absolute Gasteiger partial charge is 0.486 e. The maximum atomic E-state index is 12.5. The molecule has 0 unspecified atom stereocenters. The molecule has 2 heterocycles. The van der Waals surface area contributed by atoms with Crippen LogP contribution in [-0.4, -0.2) is 46.4 Å². The molecule has 2 aromatic carbocycles. The van der Waals surface area contributed by atoms with Gasteiger partial charge in [-0.15, -0.1) is 0 Å². The standard InChI is InChI=1S/C26H29NO5/c1-25(2,3)32-24(30)27-14-12-26(13-15-27)17-20(21-6-4-5-7-22(21)31-26)16-18-8-10-19(11-9-18)23(28)29/h4-11,16H,12-15,17H2,1-3H3,(H,28,29). The van der Waals surface area contributed by atoms with Crippen molar-refractivity contribution in [3.05, 3.63) is 65.2 Å². The van der Waals surface area contributed by atoms with E-state index in [9.17, 15) is 9.59 Å². The van der Waals surface area contributed by atoms with Crippen LogP contribution >= 0.6 is 0 Å². The number of carbonyl (C=O) groups excluding carboxylic acids is 1. The molecule has 168 valence electrons. The van der Waals surface area contributed by atoms with Gasteiger partial charge in [0, 0.05) is 37.9 Å². The van der Waals surface area contributed by atoms with Crippen molar-refractivity contribution >= 4 is 23.7 Å². The number of carbonyl (C=O) groups is 2. The minimum atomic E-state index is -0.934. The summed E-state index contributed by atoms with van der Waals surface area (Å²) >= 11 is 0. The molecule has 1 spiro atoms. The number of piperidine rings is 1. The average molecular weight is 436 g/mol. The maximum Gasteiger partial charge on any atom is 0.410 e. The zero-order chi connectivity index (χ0) is 22.9. The molecule has 0 saturated carbocycles. The fourth-order valence-electron chi connectivity index (χ4n) is 4.29. The lowest BCUT2D eigenvalue weighted by molar-refractivity contribution is -0.0179. The van der Waals surface area contributed by atoms with Crippen LogP contribution in [0.15, 0.2) is 48.5 Å². The highest BCUT2D eigenvalue weighted by molar-refractivity contribution is 5.89. The summed E-state index contributed by atoms with van der Waals surface area (Å²) in [6.07, 6.45) is 3.99. The van der Waals surface area contributed by atoms with Gasteiger partial charge in [0.25, 0.3) is 0 Å². The van der Waals surface area contributed by atoms with Crippen molar-refractivity contribution < 1.29 is 24.2 Å². The Bertz CT molecular complexity index is 1040. The van der Waals surface area contributed by atoms with Gasteiger partial charge in [0.05, 0.1) is 5.56 Å². The first-order chi connectivity index (χ1) is 15.1. The van der Waals surface area contributed by atoms with E-state index < -0.39 is 11.6 Å². The number of rotatable bonds is 2. The van der Waals surface area contributed by atoms with Gasteiger partial charge in [0.2, 0.25) is 0 Å². The number of carboxylic acid groups (broad SMARTS) is 1. The van der Waals surface area contributed by atoms with Crippen LogP contribution in [0.1, 0.15) is 61.5 Å². The van der Waals surface area contributed by atoms with Gasteiger partial charge in [0.1, 0.15) is 17.0 Å². The van der Waals surface area contributed by atoms with Crippen LogP contribution in [0.4, 0.5) is 4.79 Å². The third-order valence-corrected chi connectivity index (χ3v) is 5.90.